The zero-order valence-electron chi connectivity index (χ0n) is 13.7. The van der Waals surface area contributed by atoms with Crippen molar-refractivity contribution in [3.05, 3.63) is 29.6 Å². The van der Waals surface area contributed by atoms with E-state index in [1.54, 1.807) is 0 Å². The molecular formula is C17H28FNO2. The Morgan fingerprint density at radius 3 is 2.52 bits per heavy atom. The monoisotopic (exact) mass is 297 g/mol. The zero-order chi connectivity index (χ0) is 15.7. The quantitative estimate of drug-likeness (QED) is 0.701. The molecule has 0 aliphatic carbocycles. The minimum absolute atomic E-state index is 0.000452. The molecule has 0 fully saturated rings. The number of nitrogens with one attached hydrogen (secondary N) is 1. The predicted molar refractivity (Wildman–Crippen MR) is 84.2 cm³/mol. The molecule has 1 rings (SSSR count). The van der Waals surface area contributed by atoms with Gasteiger partial charge in [-0.05, 0) is 44.9 Å². The van der Waals surface area contributed by atoms with Crippen molar-refractivity contribution in [2.24, 2.45) is 0 Å². The lowest BCUT2D eigenvalue weighted by atomic mass is 10.1. The van der Waals surface area contributed by atoms with Crippen molar-refractivity contribution in [3.63, 3.8) is 0 Å². The largest absolute Gasteiger partial charge is 0.491 e. The average Bonchev–Trinajstić information content (AvgIpc) is 2.39. The van der Waals surface area contributed by atoms with Crippen molar-refractivity contribution >= 4 is 0 Å². The Balaban J connectivity index is 2.42. The van der Waals surface area contributed by atoms with E-state index in [0.717, 1.165) is 25.0 Å². The second-order valence-electron chi connectivity index (χ2n) is 6.21. The average molecular weight is 297 g/mol. The second-order valence-corrected chi connectivity index (χ2v) is 6.21. The number of halogens is 1. The molecule has 21 heavy (non-hydrogen) atoms. The van der Waals surface area contributed by atoms with E-state index in [9.17, 15) is 4.39 Å². The molecular weight excluding hydrogens is 269 g/mol. The van der Waals surface area contributed by atoms with Gasteiger partial charge < -0.3 is 14.8 Å². The van der Waals surface area contributed by atoms with Gasteiger partial charge in [0.2, 0.25) is 0 Å². The minimum Gasteiger partial charge on any atom is -0.491 e. The maximum absolute atomic E-state index is 13.6. The summed E-state index contributed by atoms with van der Waals surface area (Å²) in [4.78, 5) is 0. The summed E-state index contributed by atoms with van der Waals surface area (Å²) >= 11 is 0. The van der Waals surface area contributed by atoms with Gasteiger partial charge in [-0.2, -0.15) is 0 Å². The van der Waals surface area contributed by atoms with Crippen LogP contribution in [-0.2, 0) is 11.3 Å². The van der Waals surface area contributed by atoms with Crippen LogP contribution in [0.5, 0.6) is 5.75 Å². The van der Waals surface area contributed by atoms with Gasteiger partial charge in [0.05, 0.1) is 6.61 Å². The zero-order valence-corrected chi connectivity index (χ0v) is 13.7. The van der Waals surface area contributed by atoms with Gasteiger partial charge in [0.1, 0.15) is 18.2 Å². The Hall–Kier alpha value is -1.13. The Bertz CT molecular complexity index is 416. The van der Waals surface area contributed by atoms with E-state index < -0.39 is 0 Å². The third kappa shape index (κ3) is 8.68. The number of benzene rings is 1. The summed E-state index contributed by atoms with van der Waals surface area (Å²) in [6.45, 7) is 10.7. The Morgan fingerprint density at radius 1 is 1.10 bits per heavy atom. The normalized spacial score (nSPS) is 11.7. The van der Waals surface area contributed by atoms with Gasteiger partial charge in [-0.25, -0.2) is 4.39 Å². The summed E-state index contributed by atoms with van der Waals surface area (Å²) in [5.74, 6) is 0.282. The summed E-state index contributed by atoms with van der Waals surface area (Å²) in [7, 11) is 0. The minimum atomic E-state index is -0.273. The molecule has 0 radical (unpaired) electrons. The molecule has 0 saturated heterocycles. The Labute approximate surface area is 127 Å². The smallest absolute Gasteiger partial charge is 0.127 e. The molecule has 1 N–H and O–H groups in total. The number of unbranched alkanes of at least 4 members (excludes halogenated alkanes) is 1. The molecule has 0 amide bonds. The standard InChI is InChI=1S/C17H28FNO2/c1-5-6-7-20-8-9-21-16-11-14(10-15(18)12-16)13-19-17(2,3)4/h10-12,19H,5-9,13H2,1-4H3. The van der Waals surface area contributed by atoms with Gasteiger partial charge in [0.25, 0.3) is 0 Å². The summed E-state index contributed by atoms with van der Waals surface area (Å²) in [5, 5.41) is 3.34. The van der Waals surface area contributed by atoms with Crippen molar-refractivity contribution in [1.82, 2.24) is 5.32 Å². The maximum atomic E-state index is 13.6. The molecule has 0 bridgehead atoms. The van der Waals surface area contributed by atoms with Crippen LogP contribution in [-0.4, -0.2) is 25.4 Å². The molecule has 0 unspecified atom stereocenters. The first-order valence-corrected chi connectivity index (χ1v) is 7.66. The first kappa shape index (κ1) is 17.9. The van der Waals surface area contributed by atoms with Crippen molar-refractivity contribution in [3.8, 4) is 5.75 Å². The van der Waals surface area contributed by atoms with Crippen LogP contribution in [0.3, 0.4) is 0 Å². The Kier molecular flexibility index (Phi) is 7.68. The van der Waals surface area contributed by atoms with Gasteiger partial charge in [0, 0.05) is 24.8 Å². The van der Waals surface area contributed by atoms with Crippen LogP contribution in [0.25, 0.3) is 0 Å². The predicted octanol–water partition coefficient (Wildman–Crippen LogP) is 3.91. The SMILES string of the molecule is CCCCOCCOc1cc(F)cc(CNC(C)(C)C)c1. The van der Waals surface area contributed by atoms with E-state index in [1.165, 1.54) is 12.1 Å². The van der Waals surface area contributed by atoms with Crippen LogP contribution >= 0.6 is 0 Å². The highest BCUT2D eigenvalue weighted by atomic mass is 19.1. The van der Waals surface area contributed by atoms with Gasteiger partial charge in [-0.3, -0.25) is 0 Å². The Morgan fingerprint density at radius 2 is 1.86 bits per heavy atom. The van der Waals surface area contributed by atoms with Gasteiger partial charge in [-0.1, -0.05) is 13.3 Å². The molecule has 1 aromatic rings. The van der Waals surface area contributed by atoms with E-state index in [1.807, 2.05) is 6.07 Å². The highest BCUT2D eigenvalue weighted by molar-refractivity contribution is 5.29. The van der Waals surface area contributed by atoms with Crippen molar-refractivity contribution in [2.75, 3.05) is 19.8 Å². The van der Waals surface area contributed by atoms with Crippen LogP contribution in [0, 0.1) is 5.82 Å². The highest BCUT2D eigenvalue weighted by Crippen LogP contribution is 2.17. The second kappa shape index (κ2) is 9.00. The van der Waals surface area contributed by atoms with E-state index >= 15 is 0 Å². The summed E-state index contributed by atoms with van der Waals surface area (Å²) in [6, 6.07) is 4.81. The number of ether oxygens (including phenoxy) is 2. The van der Waals surface area contributed by atoms with Crippen LogP contribution < -0.4 is 10.1 Å². The molecule has 0 saturated carbocycles. The molecule has 1 aromatic carbocycles. The van der Waals surface area contributed by atoms with Gasteiger partial charge in [0.15, 0.2) is 0 Å². The van der Waals surface area contributed by atoms with Crippen LogP contribution in [0.15, 0.2) is 18.2 Å². The number of rotatable bonds is 9. The molecule has 0 aliphatic rings. The first-order valence-electron chi connectivity index (χ1n) is 7.66. The molecule has 0 aliphatic heterocycles. The van der Waals surface area contributed by atoms with E-state index in [4.69, 9.17) is 9.47 Å². The van der Waals surface area contributed by atoms with E-state index in [-0.39, 0.29) is 11.4 Å². The highest BCUT2D eigenvalue weighted by Gasteiger charge is 2.09. The fraction of sp³-hybridized carbons (Fsp3) is 0.647. The topological polar surface area (TPSA) is 30.5 Å². The third-order valence-corrected chi connectivity index (χ3v) is 2.89. The number of hydrogen-bond donors (Lipinski definition) is 1. The van der Waals surface area contributed by atoms with Crippen LogP contribution in [0.1, 0.15) is 46.1 Å². The molecule has 4 heteroatoms. The summed E-state index contributed by atoms with van der Waals surface area (Å²) < 4.78 is 24.5. The molecule has 3 nitrogen and oxygen atoms in total. The molecule has 0 aromatic heterocycles. The lowest BCUT2D eigenvalue weighted by molar-refractivity contribution is 0.0979. The van der Waals surface area contributed by atoms with Crippen molar-refractivity contribution in [1.29, 1.82) is 0 Å². The maximum Gasteiger partial charge on any atom is 0.127 e. The molecule has 0 spiro atoms. The fourth-order valence-electron chi connectivity index (χ4n) is 1.74. The molecule has 120 valence electrons. The van der Waals surface area contributed by atoms with E-state index in [0.29, 0.717) is 25.5 Å². The fourth-order valence-corrected chi connectivity index (χ4v) is 1.74. The summed E-state index contributed by atoms with van der Waals surface area (Å²) in [5.41, 5.74) is 0.882. The lowest BCUT2D eigenvalue weighted by Gasteiger charge is -2.20. The van der Waals surface area contributed by atoms with Crippen molar-refractivity contribution in [2.45, 2.75) is 52.6 Å². The van der Waals surface area contributed by atoms with Crippen LogP contribution in [0.4, 0.5) is 4.39 Å². The molecule has 0 atom stereocenters. The van der Waals surface area contributed by atoms with Crippen LogP contribution in [0.2, 0.25) is 0 Å². The summed E-state index contributed by atoms with van der Waals surface area (Å²) in [6.07, 6.45) is 2.18. The lowest BCUT2D eigenvalue weighted by Crippen LogP contribution is -2.35. The van der Waals surface area contributed by atoms with Gasteiger partial charge in [-0.15, -0.1) is 0 Å². The van der Waals surface area contributed by atoms with Gasteiger partial charge >= 0.3 is 0 Å². The van der Waals surface area contributed by atoms with E-state index in [2.05, 4.69) is 33.0 Å². The first-order chi connectivity index (χ1) is 9.90. The number of hydrogen-bond acceptors (Lipinski definition) is 3. The van der Waals surface area contributed by atoms with Crippen molar-refractivity contribution < 1.29 is 13.9 Å². The third-order valence-electron chi connectivity index (χ3n) is 2.89. The molecule has 0 heterocycles.